The number of aromatic nitrogens is 2. The molecule has 0 spiro atoms. The van der Waals surface area contributed by atoms with Gasteiger partial charge in [-0.1, -0.05) is 0 Å². The Hall–Kier alpha value is -0.960. The van der Waals surface area contributed by atoms with Crippen molar-refractivity contribution in [2.45, 2.75) is 43.2 Å². The molecule has 0 amide bonds. The van der Waals surface area contributed by atoms with Crippen LogP contribution in [0.2, 0.25) is 0 Å². The molecule has 0 aliphatic carbocycles. The molecule has 0 bridgehead atoms. The van der Waals surface area contributed by atoms with Crippen LogP contribution in [-0.4, -0.2) is 48.7 Å². The second-order valence-electron chi connectivity index (χ2n) is 5.24. The SMILES string of the molecule is CC1(CNS(=O)(=O)c2cnn(CCCO)c2)CCCO1. The molecule has 8 heteroatoms. The number of nitrogens with zero attached hydrogens (tertiary/aromatic N) is 2. The first-order chi connectivity index (χ1) is 9.45. The second-order valence-corrected chi connectivity index (χ2v) is 7.01. The molecular formula is C12H21N3O4S. The first kappa shape index (κ1) is 15.4. The normalized spacial score (nSPS) is 23.3. The van der Waals surface area contributed by atoms with E-state index in [4.69, 9.17) is 9.84 Å². The molecule has 1 saturated heterocycles. The summed E-state index contributed by atoms with van der Waals surface area (Å²) in [6, 6.07) is 0. The molecule has 2 heterocycles. The second kappa shape index (κ2) is 6.21. The minimum Gasteiger partial charge on any atom is -0.396 e. The Balaban J connectivity index is 1.97. The largest absolute Gasteiger partial charge is 0.396 e. The first-order valence-corrected chi connectivity index (χ1v) is 8.20. The highest BCUT2D eigenvalue weighted by Crippen LogP contribution is 2.24. The molecule has 0 radical (unpaired) electrons. The maximum Gasteiger partial charge on any atom is 0.243 e. The van der Waals surface area contributed by atoms with Crippen molar-refractivity contribution in [2.24, 2.45) is 0 Å². The van der Waals surface area contributed by atoms with Crippen LogP contribution < -0.4 is 4.72 Å². The average molecular weight is 303 g/mol. The van der Waals surface area contributed by atoms with Gasteiger partial charge in [-0.05, 0) is 26.2 Å². The van der Waals surface area contributed by atoms with E-state index in [1.165, 1.54) is 17.1 Å². The van der Waals surface area contributed by atoms with Gasteiger partial charge in [0.05, 0.1) is 11.8 Å². The van der Waals surface area contributed by atoms with Gasteiger partial charge in [0.2, 0.25) is 10.0 Å². The van der Waals surface area contributed by atoms with Crippen molar-refractivity contribution in [1.82, 2.24) is 14.5 Å². The molecule has 1 unspecified atom stereocenters. The first-order valence-electron chi connectivity index (χ1n) is 6.72. The minimum atomic E-state index is -3.57. The lowest BCUT2D eigenvalue weighted by Crippen LogP contribution is -2.39. The number of nitrogens with one attached hydrogen (secondary N) is 1. The van der Waals surface area contributed by atoms with Crippen LogP contribution in [0.15, 0.2) is 17.3 Å². The number of aliphatic hydroxyl groups is 1. The lowest BCUT2D eigenvalue weighted by atomic mass is 10.0. The van der Waals surface area contributed by atoms with Crippen molar-refractivity contribution in [3.05, 3.63) is 12.4 Å². The molecular weight excluding hydrogens is 282 g/mol. The number of rotatable bonds is 7. The molecule has 2 rings (SSSR count). The van der Waals surface area contributed by atoms with E-state index in [9.17, 15) is 8.42 Å². The summed E-state index contributed by atoms with van der Waals surface area (Å²) in [6.45, 7) is 3.39. The molecule has 1 aromatic rings. The summed E-state index contributed by atoms with van der Waals surface area (Å²) >= 11 is 0. The summed E-state index contributed by atoms with van der Waals surface area (Å²) in [6.07, 6.45) is 5.14. The van der Waals surface area contributed by atoms with E-state index in [-0.39, 0.29) is 18.0 Å². The van der Waals surface area contributed by atoms with Crippen molar-refractivity contribution in [1.29, 1.82) is 0 Å². The highest BCUT2D eigenvalue weighted by molar-refractivity contribution is 7.89. The van der Waals surface area contributed by atoms with Crippen LogP contribution in [0.1, 0.15) is 26.2 Å². The van der Waals surface area contributed by atoms with E-state index >= 15 is 0 Å². The molecule has 1 aliphatic rings. The molecule has 0 saturated carbocycles. The maximum atomic E-state index is 12.1. The fraction of sp³-hybridized carbons (Fsp3) is 0.750. The zero-order chi connectivity index (χ0) is 14.6. The van der Waals surface area contributed by atoms with Gasteiger partial charge in [0.25, 0.3) is 0 Å². The summed E-state index contributed by atoms with van der Waals surface area (Å²) < 4.78 is 33.9. The summed E-state index contributed by atoms with van der Waals surface area (Å²) in [5, 5.41) is 12.7. The van der Waals surface area contributed by atoms with Crippen molar-refractivity contribution in [2.75, 3.05) is 19.8 Å². The van der Waals surface area contributed by atoms with Gasteiger partial charge in [-0.15, -0.1) is 0 Å². The molecule has 0 aromatic carbocycles. The topological polar surface area (TPSA) is 93.5 Å². The van der Waals surface area contributed by atoms with Crippen LogP contribution in [0.3, 0.4) is 0 Å². The molecule has 1 aromatic heterocycles. The minimum absolute atomic E-state index is 0.0515. The highest BCUT2D eigenvalue weighted by atomic mass is 32.2. The zero-order valence-corrected chi connectivity index (χ0v) is 12.4. The number of hydrogen-bond acceptors (Lipinski definition) is 5. The van der Waals surface area contributed by atoms with Gasteiger partial charge in [0.1, 0.15) is 4.90 Å². The number of aliphatic hydroxyl groups excluding tert-OH is 1. The Morgan fingerprint density at radius 2 is 2.40 bits per heavy atom. The summed E-state index contributed by atoms with van der Waals surface area (Å²) in [7, 11) is -3.57. The lowest BCUT2D eigenvalue weighted by molar-refractivity contribution is 0.0250. The Labute approximate surface area is 119 Å². The third-order valence-corrected chi connectivity index (χ3v) is 4.76. The van der Waals surface area contributed by atoms with E-state index in [2.05, 4.69) is 9.82 Å². The molecule has 7 nitrogen and oxygen atoms in total. The van der Waals surface area contributed by atoms with E-state index in [1.807, 2.05) is 6.92 Å². The fourth-order valence-corrected chi connectivity index (χ4v) is 3.25. The maximum absolute atomic E-state index is 12.1. The van der Waals surface area contributed by atoms with Crippen molar-refractivity contribution in [3.63, 3.8) is 0 Å². The van der Waals surface area contributed by atoms with Crippen LogP contribution in [0, 0.1) is 0 Å². The van der Waals surface area contributed by atoms with Gasteiger partial charge in [0, 0.05) is 32.5 Å². The highest BCUT2D eigenvalue weighted by Gasteiger charge is 2.31. The van der Waals surface area contributed by atoms with Crippen LogP contribution in [0.5, 0.6) is 0 Å². The van der Waals surface area contributed by atoms with Gasteiger partial charge in [0.15, 0.2) is 0 Å². The Morgan fingerprint density at radius 1 is 1.60 bits per heavy atom. The van der Waals surface area contributed by atoms with Gasteiger partial charge >= 0.3 is 0 Å². The van der Waals surface area contributed by atoms with E-state index in [0.29, 0.717) is 19.6 Å². The molecule has 20 heavy (non-hydrogen) atoms. The smallest absolute Gasteiger partial charge is 0.243 e. The van der Waals surface area contributed by atoms with Crippen LogP contribution in [0.4, 0.5) is 0 Å². The predicted octanol–water partition coefficient (Wildman–Crippen LogP) is 0.113. The zero-order valence-electron chi connectivity index (χ0n) is 11.6. The fourth-order valence-electron chi connectivity index (χ4n) is 2.15. The van der Waals surface area contributed by atoms with E-state index < -0.39 is 15.6 Å². The van der Waals surface area contributed by atoms with Gasteiger partial charge < -0.3 is 9.84 Å². The summed E-state index contributed by atoms with van der Waals surface area (Å²) in [5.41, 5.74) is -0.417. The third-order valence-electron chi connectivity index (χ3n) is 3.40. The van der Waals surface area contributed by atoms with Crippen molar-refractivity contribution >= 4 is 10.0 Å². The Kier molecular flexibility index (Phi) is 4.79. The van der Waals surface area contributed by atoms with Crippen LogP contribution in [0.25, 0.3) is 0 Å². The summed E-state index contributed by atoms with van der Waals surface area (Å²) in [5.74, 6) is 0. The van der Waals surface area contributed by atoms with Gasteiger partial charge in [-0.25, -0.2) is 13.1 Å². The van der Waals surface area contributed by atoms with E-state index in [1.54, 1.807) is 0 Å². The standard InChI is InChI=1S/C12H21N3O4S/c1-12(4-2-7-19-12)10-14-20(17,18)11-8-13-15(9-11)5-3-6-16/h8-9,14,16H,2-7,10H2,1H3. The lowest BCUT2D eigenvalue weighted by Gasteiger charge is -2.22. The van der Waals surface area contributed by atoms with Crippen LogP contribution in [-0.2, 0) is 21.3 Å². The molecule has 1 aliphatic heterocycles. The quantitative estimate of drug-likeness (QED) is 0.746. The van der Waals surface area contributed by atoms with Crippen LogP contribution >= 0.6 is 0 Å². The third kappa shape index (κ3) is 3.78. The predicted molar refractivity (Wildman–Crippen MR) is 72.7 cm³/mol. The Bertz CT molecular complexity index is 535. The van der Waals surface area contributed by atoms with Crippen molar-refractivity contribution < 1.29 is 18.3 Å². The van der Waals surface area contributed by atoms with Gasteiger partial charge in [-0.2, -0.15) is 5.10 Å². The molecule has 2 N–H and O–H groups in total. The number of sulfonamides is 1. The molecule has 114 valence electrons. The van der Waals surface area contributed by atoms with Crippen molar-refractivity contribution in [3.8, 4) is 0 Å². The number of hydrogen-bond donors (Lipinski definition) is 2. The van der Waals surface area contributed by atoms with E-state index in [0.717, 1.165) is 12.8 Å². The average Bonchev–Trinajstić information content (AvgIpc) is 3.04. The number of ether oxygens (including phenoxy) is 1. The Morgan fingerprint density at radius 3 is 3.05 bits per heavy atom. The molecule has 1 fully saturated rings. The monoisotopic (exact) mass is 303 g/mol. The summed E-state index contributed by atoms with van der Waals surface area (Å²) in [4.78, 5) is 0.136. The van der Waals surface area contributed by atoms with Gasteiger partial charge in [-0.3, -0.25) is 4.68 Å². The number of aryl methyl sites for hydroxylation is 1. The molecule has 1 atom stereocenters.